The summed E-state index contributed by atoms with van der Waals surface area (Å²) in [4.78, 5) is 56.6. The summed E-state index contributed by atoms with van der Waals surface area (Å²) < 4.78 is 22.5. The van der Waals surface area contributed by atoms with Gasteiger partial charge < -0.3 is 18.9 Å². The van der Waals surface area contributed by atoms with Crippen LogP contribution < -0.4 is 18.9 Å². The van der Waals surface area contributed by atoms with Crippen molar-refractivity contribution in [3.05, 3.63) is 121 Å². The van der Waals surface area contributed by atoms with Crippen LogP contribution in [0.15, 0.2) is 121 Å². The molecule has 0 saturated carbocycles. The number of hydrogen-bond donors (Lipinski definition) is 0. The Kier molecular flexibility index (Phi) is 10.2. The molecule has 8 heteroatoms. The summed E-state index contributed by atoms with van der Waals surface area (Å²) in [6.07, 6.45) is 0.867. The summed E-state index contributed by atoms with van der Waals surface area (Å²) in [6.45, 7) is 1.87. The van der Waals surface area contributed by atoms with Crippen molar-refractivity contribution in [2.24, 2.45) is 11.3 Å². The molecule has 0 amide bonds. The van der Waals surface area contributed by atoms with E-state index in [4.69, 9.17) is 18.9 Å². The zero-order valence-electron chi connectivity index (χ0n) is 23.0. The van der Waals surface area contributed by atoms with Gasteiger partial charge in [-0.1, -0.05) is 92.6 Å². The van der Waals surface area contributed by atoms with E-state index in [0.29, 0.717) is 12.8 Å². The summed E-state index contributed by atoms with van der Waals surface area (Å²) in [5.41, 5.74) is -2.90. The van der Waals surface area contributed by atoms with Gasteiger partial charge in [0.2, 0.25) is 0 Å². The molecule has 42 heavy (non-hydrogen) atoms. The predicted octanol–water partition coefficient (Wildman–Crippen LogP) is 6.20. The fourth-order valence-corrected chi connectivity index (χ4v) is 4.30. The largest absolute Gasteiger partial charge is 0.426 e. The Morgan fingerprint density at radius 1 is 0.524 bits per heavy atom. The molecule has 1 unspecified atom stereocenters. The molecule has 4 rings (SSSR count). The van der Waals surface area contributed by atoms with Crippen LogP contribution in [-0.2, 0) is 19.2 Å². The van der Waals surface area contributed by atoms with E-state index in [-0.39, 0.29) is 29.4 Å². The van der Waals surface area contributed by atoms with Crippen LogP contribution in [0.3, 0.4) is 0 Å². The Morgan fingerprint density at radius 2 is 0.833 bits per heavy atom. The average Bonchev–Trinajstić information content (AvgIpc) is 3.01. The first-order valence-electron chi connectivity index (χ1n) is 13.5. The zero-order chi connectivity index (χ0) is 29.8. The van der Waals surface area contributed by atoms with Crippen molar-refractivity contribution < 1.29 is 38.1 Å². The van der Waals surface area contributed by atoms with Gasteiger partial charge in [0.05, 0.1) is 5.92 Å². The first-order chi connectivity index (χ1) is 20.4. The van der Waals surface area contributed by atoms with Crippen LogP contribution in [0.25, 0.3) is 0 Å². The van der Waals surface area contributed by atoms with Gasteiger partial charge in [0.15, 0.2) is 0 Å². The molecule has 1 atom stereocenters. The van der Waals surface area contributed by atoms with Gasteiger partial charge in [-0.2, -0.15) is 0 Å². The fourth-order valence-electron chi connectivity index (χ4n) is 4.30. The van der Waals surface area contributed by atoms with E-state index < -0.39 is 35.2 Å². The Bertz CT molecular complexity index is 1340. The Labute approximate surface area is 243 Å². The number of ether oxygens (including phenoxy) is 4. The molecule has 8 nitrogen and oxygen atoms in total. The topological polar surface area (TPSA) is 105 Å². The minimum atomic E-state index is -2.90. The summed E-state index contributed by atoms with van der Waals surface area (Å²) in [7, 11) is 0. The molecule has 0 N–H and O–H groups in total. The smallest absolute Gasteiger partial charge is 0.341 e. The maximum Gasteiger partial charge on any atom is 0.341 e. The molecule has 0 bridgehead atoms. The summed E-state index contributed by atoms with van der Waals surface area (Å²) in [5.74, 6) is -6.32. The van der Waals surface area contributed by atoms with Crippen LogP contribution in [0.1, 0.15) is 26.2 Å². The molecule has 0 radical (unpaired) electrons. The van der Waals surface area contributed by atoms with Crippen LogP contribution >= 0.6 is 0 Å². The van der Waals surface area contributed by atoms with Crippen LogP contribution in [-0.4, -0.2) is 23.9 Å². The number of unbranched alkanes of at least 4 members (excludes halogenated alkanes) is 1. The number of carbonyl (C=O) groups is 4. The van der Waals surface area contributed by atoms with Gasteiger partial charge >= 0.3 is 23.9 Å². The molecule has 0 spiro atoms. The van der Waals surface area contributed by atoms with E-state index in [9.17, 15) is 19.2 Å². The molecule has 0 heterocycles. The van der Waals surface area contributed by atoms with E-state index in [1.165, 1.54) is 36.4 Å². The summed E-state index contributed by atoms with van der Waals surface area (Å²) >= 11 is 0. The van der Waals surface area contributed by atoms with Crippen LogP contribution in [0.4, 0.5) is 0 Å². The number of carbonyl (C=O) groups excluding carboxylic acids is 4. The molecule has 4 aromatic carbocycles. The van der Waals surface area contributed by atoms with Gasteiger partial charge in [0.25, 0.3) is 5.41 Å². The number of esters is 4. The highest BCUT2D eigenvalue weighted by atomic mass is 16.6. The quantitative estimate of drug-likeness (QED) is 0.113. The lowest BCUT2D eigenvalue weighted by atomic mass is 9.72. The van der Waals surface area contributed by atoms with Gasteiger partial charge in [0, 0.05) is 0 Å². The van der Waals surface area contributed by atoms with Crippen molar-refractivity contribution in [2.75, 3.05) is 0 Å². The van der Waals surface area contributed by atoms with E-state index in [1.807, 2.05) is 6.92 Å². The lowest BCUT2D eigenvalue weighted by Gasteiger charge is -2.33. The standard InChI is InChI=1S/C34H30O8/c1-2-3-24-29(30(35)39-25-16-8-4-9-17-25)34(31(36)40-26-18-10-5-11-19-26,32(37)41-27-20-12-6-13-21-27)33(38)42-28-22-14-7-15-23-28/h4-23,29H,2-3,24H2,1H3. The number of benzene rings is 4. The van der Waals surface area contributed by atoms with Crippen LogP contribution in [0, 0.1) is 11.3 Å². The van der Waals surface area contributed by atoms with Gasteiger partial charge in [-0.25, -0.2) is 14.4 Å². The van der Waals surface area contributed by atoms with Crippen molar-refractivity contribution in [2.45, 2.75) is 26.2 Å². The van der Waals surface area contributed by atoms with Crippen molar-refractivity contribution in [3.63, 3.8) is 0 Å². The Hall–Kier alpha value is -5.24. The molecular formula is C34H30O8. The third-order valence-electron chi connectivity index (χ3n) is 6.44. The number of hydrogen-bond acceptors (Lipinski definition) is 8. The van der Waals surface area contributed by atoms with Crippen LogP contribution in [0.2, 0.25) is 0 Å². The third-order valence-corrected chi connectivity index (χ3v) is 6.44. The third kappa shape index (κ3) is 7.09. The molecule has 0 aliphatic heterocycles. The van der Waals surface area contributed by atoms with Crippen molar-refractivity contribution in [3.8, 4) is 23.0 Å². The lowest BCUT2D eigenvalue weighted by molar-refractivity contribution is -0.181. The first-order valence-corrected chi connectivity index (χ1v) is 13.5. The lowest BCUT2D eigenvalue weighted by Crippen LogP contribution is -2.59. The van der Waals surface area contributed by atoms with Gasteiger partial charge in [-0.05, 0) is 55.0 Å². The number of para-hydroxylation sites is 4. The monoisotopic (exact) mass is 566 g/mol. The SMILES string of the molecule is CCCCC(C(=O)Oc1ccccc1)C(C(=O)Oc1ccccc1)(C(=O)Oc1ccccc1)C(=O)Oc1ccccc1. The second-order valence-electron chi connectivity index (χ2n) is 9.34. The fraction of sp³-hybridized carbons (Fsp3) is 0.176. The molecule has 0 aliphatic rings. The van der Waals surface area contributed by atoms with Gasteiger partial charge in [0.1, 0.15) is 23.0 Å². The summed E-state index contributed by atoms with van der Waals surface area (Å²) in [5, 5.41) is 0. The molecule has 214 valence electrons. The first kappa shape index (κ1) is 29.7. The van der Waals surface area contributed by atoms with E-state index in [1.54, 1.807) is 84.9 Å². The summed E-state index contributed by atoms with van der Waals surface area (Å²) in [6, 6.07) is 31.9. The van der Waals surface area contributed by atoms with Gasteiger partial charge in [-0.3, -0.25) is 4.79 Å². The molecule has 0 aromatic heterocycles. The van der Waals surface area contributed by atoms with E-state index in [2.05, 4.69) is 0 Å². The van der Waals surface area contributed by atoms with Crippen molar-refractivity contribution in [1.29, 1.82) is 0 Å². The maximum absolute atomic E-state index is 14.2. The normalized spacial score (nSPS) is 11.5. The zero-order valence-corrected chi connectivity index (χ0v) is 23.0. The highest BCUT2D eigenvalue weighted by Crippen LogP contribution is 2.39. The second kappa shape index (κ2) is 14.4. The van der Waals surface area contributed by atoms with E-state index >= 15 is 0 Å². The molecule has 0 saturated heterocycles. The maximum atomic E-state index is 14.2. The minimum Gasteiger partial charge on any atom is -0.426 e. The molecule has 0 fully saturated rings. The molecule has 0 aliphatic carbocycles. The highest BCUT2D eigenvalue weighted by molar-refractivity contribution is 6.21. The molecule has 4 aromatic rings. The highest BCUT2D eigenvalue weighted by Gasteiger charge is 2.66. The average molecular weight is 567 g/mol. The van der Waals surface area contributed by atoms with Gasteiger partial charge in [-0.15, -0.1) is 0 Å². The number of rotatable bonds is 12. The Balaban J connectivity index is 1.88. The Morgan fingerprint density at radius 3 is 1.14 bits per heavy atom. The minimum absolute atomic E-state index is 0.0533. The predicted molar refractivity (Wildman–Crippen MR) is 154 cm³/mol. The molecular weight excluding hydrogens is 536 g/mol. The van der Waals surface area contributed by atoms with Crippen molar-refractivity contribution >= 4 is 23.9 Å². The second-order valence-corrected chi connectivity index (χ2v) is 9.34. The van der Waals surface area contributed by atoms with E-state index in [0.717, 1.165) is 0 Å². The van der Waals surface area contributed by atoms with Crippen molar-refractivity contribution in [1.82, 2.24) is 0 Å². The van der Waals surface area contributed by atoms with Crippen LogP contribution in [0.5, 0.6) is 23.0 Å².